The van der Waals surface area contributed by atoms with Gasteiger partial charge < -0.3 is 64.4 Å². The number of hydrogen-bond donors (Lipinski definition) is 7. The third kappa shape index (κ3) is 5.80. The van der Waals surface area contributed by atoms with Gasteiger partial charge in [-0.05, 0) is 44.4 Å². The Labute approximate surface area is 325 Å². The minimum atomic E-state index is -3.30. The number of phenolic OH excluding ortho intramolecular Hbond substituents is 2. The number of ketones is 3. The monoisotopic (exact) mass is 799 g/mol. The molecule has 308 valence electrons. The number of ether oxygens (including phenoxy) is 6. The molecule has 0 amide bonds. The molecule has 1 heterocycles. The molecule has 2 aromatic rings. The van der Waals surface area contributed by atoms with E-state index >= 15 is 0 Å². The van der Waals surface area contributed by atoms with Crippen LogP contribution in [-0.4, -0.2) is 137 Å². The summed E-state index contributed by atoms with van der Waals surface area (Å²) in [5, 5.41) is 74.4. The molecule has 1 aliphatic heterocycles. The average Bonchev–Trinajstić information content (AvgIpc) is 3.15. The Balaban J connectivity index is 1.59. The number of nitrogens with one attached hydrogen (secondary N) is 1. The molecule has 1 saturated heterocycles. The number of benzene rings is 2. The summed E-state index contributed by atoms with van der Waals surface area (Å²) in [6.45, 7) is 4.58. The van der Waals surface area contributed by atoms with Crippen molar-refractivity contribution in [3.05, 3.63) is 68.4 Å². The Bertz CT molecular complexity index is 2100. The van der Waals surface area contributed by atoms with Crippen LogP contribution < -0.4 is 5.32 Å². The second-order valence-corrected chi connectivity index (χ2v) is 14.4. The van der Waals surface area contributed by atoms with Crippen molar-refractivity contribution in [1.82, 2.24) is 5.32 Å². The molecule has 1 fully saturated rings. The van der Waals surface area contributed by atoms with E-state index in [1.807, 2.05) is 0 Å². The quantitative estimate of drug-likeness (QED) is 0.157. The molecule has 0 radical (unpaired) electrons. The van der Waals surface area contributed by atoms with Gasteiger partial charge in [0.25, 0.3) is 0 Å². The van der Waals surface area contributed by atoms with Gasteiger partial charge in [0, 0.05) is 56.9 Å². The van der Waals surface area contributed by atoms with E-state index in [1.165, 1.54) is 27.2 Å². The van der Waals surface area contributed by atoms with E-state index in [1.54, 1.807) is 13.8 Å². The van der Waals surface area contributed by atoms with E-state index in [0.717, 1.165) is 26.4 Å². The van der Waals surface area contributed by atoms with Gasteiger partial charge in [-0.2, -0.15) is 0 Å². The lowest BCUT2D eigenvalue weighted by molar-refractivity contribution is -0.237. The molecule has 4 aliphatic rings. The number of aromatic hydroxyl groups is 2. The lowest BCUT2D eigenvalue weighted by atomic mass is 9.56. The number of Topliss-reactive ketones (excluding diaryl/α,β-unsaturated/α-hetero) is 2. The fraction of sp³-hybridized carbons (Fsp3) is 0.513. The molecule has 18 heteroatoms. The summed E-state index contributed by atoms with van der Waals surface area (Å²) >= 11 is 0. The summed E-state index contributed by atoms with van der Waals surface area (Å²) in [5.41, 5.74) is -12.9. The zero-order valence-electron chi connectivity index (χ0n) is 32.2. The highest BCUT2D eigenvalue weighted by Gasteiger charge is 2.73. The fourth-order valence-corrected chi connectivity index (χ4v) is 8.89. The molecule has 0 saturated carbocycles. The highest BCUT2D eigenvalue weighted by molar-refractivity contribution is 6.26. The van der Waals surface area contributed by atoms with Gasteiger partial charge in [0.2, 0.25) is 11.6 Å². The standard InChI is InChI=1S/C39H45NO17/c1-8-56-23(43)9-10-37(50)19-13-18-25(28(44)26(19)20(41)14-21(37)40-35-32(53-5)30(46)31(52-4)16(3)57-35)34(48)39(55-7)22(42)12-17-11-15(2)24(36(49)54-6)29(45)27(17)38(39,51)33(18)47/h11,13-14,16,22,30-32,35,40,42,44-46,50-51H,8-10,12H2,1-7H3/t16-,22+,30+,31-,32+,35-,37?,38-,39+/m0/s1. The van der Waals surface area contributed by atoms with Crippen LogP contribution in [0.5, 0.6) is 11.5 Å². The Hall–Kier alpha value is -4.79. The summed E-state index contributed by atoms with van der Waals surface area (Å²) in [6, 6.07) is 2.21. The Morgan fingerprint density at radius 2 is 1.63 bits per heavy atom. The van der Waals surface area contributed by atoms with Crippen LogP contribution in [0.1, 0.15) is 90.4 Å². The number of carbonyl (C=O) groups excluding carboxylic acids is 5. The molecule has 2 aromatic carbocycles. The smallest absolute Gasteiger partial charge is 0.341 e. The van der Waals surface area contributed by atoms with Gasteiger partial charge in [-0.15, -0.1) is 0 Å². The molecule has 18 nitrogen and oxygen atoms in total. The fourth-order valence-electron chi connectivity index (χ4n) is 8.89. The van der Waals surface area contributed by atoms with E-state index in [4.69, 9.17) is 28.4 Å². The number of fused-ring (bicyclic) bond motifs is 5. The van der Waals surface area contributed by atoms with Crippen molar-refractivity contribution in [2.75, 3.05) is 35.0 Å². The van der Waals surface area contributed by atoms with Crippen LogP contribution >= 0.6 is 0 Å². The van der Waals surface area contributed by atoms with Gasteiger partial charge >= 0.3 is 11.9 Å². The molecular formula is C39H45NO17. The van der Waals surface area contributed by atoms with Gasteiger partial charge in [0.1, 0.15) is 41.0 Å². The van der Waals surface area contributed by atoms with Crippen LogP contribution in [0.15, 0.2) is 23.9 Å². The van der Waals surface area contributed by atoms with Gasteiger partial charge in [0.05, 0.1) is 42.7 Å². The van der Waals surface area contributed by atoms with Crippen LogP contribution in [0.4, 0.5) is 0 Å². The molecule has 57 heavy (non-hydrogen) atoms. The van der Waals surface area contributed by atoms with E-state index in [-0.39, 0.29) is 23.4 Å². The molecule has 0 spiro atoms. The zero-order chi connectivity index (χ0) is 42.1. The molecule has 9 atom stereocenters. The SMILES string of the molecule is CCOC(=O)CCC1(O)C(N[C@H]2O[C@@H](C)[C@H](OC)[C@@H](O)[C@H]2OC)=CC(=O)c2c1cc1c(c2O)C(=O)[C@]2(OC)[C@H](O)Cc3cc(C)c(C(=O)OC)c(O)c3[C@]2(O)C1=O. The van der Waals surface area contributed by atoms with Crippen molar-refractivity contribution in [3.63, 3.8) is 0 Å². The Morgan fingerprint density at radius 1 is 0.965 bits per heavy atom. The van der Waals surface area contributed by atoms with Crippen molar-refractivity contribution in [2.45, 2.75) is 93.6 Å². The van der Waals surface area contributed by atoms with Crippen LogP contribution in [0.3, 0.4) is 0 Å². The Kier molecular flexibility index (Phi) is 10.9. The number of aliphatic hydroxyl groups is 4. The summed E-state index contributed by atoms with van der Waals surface area (Å²) in [4.78, 5) is 69.3. The summed E-state index contributed by atoms with van der Waals surface area (Å²) < 4.78 is 32.3. The van der Waals surface area contributed by atoms with Crippen LogP contribution in [-0.2, 0) is 50.8 Å². The van der Waals surface area contributed by atoms with E-state index < -0.39 is 147 Å². The number of methoxy groups -OCH3 is 4. The molecule has 6 rings (SSSR count). The maximum absolute atomic E-state index is 15.0. The number of hydrogen-bond acceptors (Lipinski definition) is 18. The maximum Gasteiger partial charge on any atom is 0.341 e. The average molecular weight is 800 g/mol. The normalized spacial score (nSPS) is 31.7. The number of aliphatic hydroxyl groups excluding tert-OH is 2. The first-order valence-corrected chi connectivity index (χ1v) is 18.1. The minimum absolute atomic E-state index is 0.0166. The number of aryl methyl sites for hydroxylation is 1. The Morgan fingerprint density at radius 3 is 2.23 bits per heavy atom. The van der Waals surface area contributed by atoms with Gasteiger partial charge in [-0.25, -0.2) is 4.79 Å². The first kappa shape index (κ1) is 41.8. The van der Waals surface area contributed by atoms with Crippen LogP contribution in [0.25, 0.3) is 0 Å². The minimum Gasteiger partial charge on any atom is -0.507 e. The lowest BCUT2D eigenvalue weighted by Gasteiger charge is -2.53. The topological polar surface area (TPSA) is 274 Å². The van der Waals surface area contributed by atoms with Crippen LogP contribution in [0, 0.1) is 6.92 Å². The van der Waals surface area contributed by atoms with E-state index in [0.29, 0.717) is 0 Å². The van der Waals surface area contributed by atoms with Crippen molar-refractivity contribution < 1.29 is 83.0 Å². The van der Waals surface area contributed by atoms with Crippen molar-refractivity contribution in [1.29, 1.82) is 0 Å². The summed E-state index contributed by atoms with van der Waals surface area (Å²) in [6.07, 6.45) is -7.98. The lowest BCUT2D eigenvalue weighted by Crippen LogP contribution is -2.73. The third-order valence-corrected chi connectivity index (χ3v) is 11.6. The van der Waals surface area contributed by atoms with E-state index in [9.17, 15) is 54.6 Å². The molecular weight excluding hydrogens is 754 g/mol. The summed E-state index contributed by atoms with van der Waals surface area (Å²) in [5.74, 6) is -7.69. The second-order valence-electron chi connectivity index (χ2n) is 14.4. The summed E-state index contributed by atoms with van der Waals surface area (Å²) in [7, 11) is 4.58. The molecule has 0 bridgehead atoms. The second kappa shape index (κ2) is 14.9. The number of rotatable bonds is 10. The number of phenols is 2. The van der Waals surface area contributed by atoms with Crippen molar-refractivity contribution in [3.8, 4) is 11.5 Å². The van der Waals surface area contributed by atoms with Gasteiger partial charge in [-0.1, -0.05) is 6.07 Å². The first-order valence-electron chi connectivity index (χ1n) is 18.1. The third-order valence-electron chi connectivity index (χ3n) is 11.6. The largest absolute Gasteiger partial charge is 0.507 e. The molecule has 0 aromatic heterocycles. The zero-order valence-corrected chi connectivity index (χ0v) is 32.2. The number of allylic oxidation sites excluding steroid dienone is 1. The predicted molar refractivity (Wildman–Crippen MR) is 192 cm³/mol. The molecule has 1 unspecified atom stereocenters. The van der Waals surface area contributed by atoms with Gasteiger partial charge in [0.15, 0.2) is 23.2 Å². The predicted octanol–water partition coefficient (Wildman–Crippen LogP) is 0.0982. The van der Waals surface area contributed by atoms with Crippen LogP contribution in [0.2, 0.25) is 0 Å². The van der Waals surface area contributed by atoms with Crippen molar-refractivity contribution >= 4 is 29.3 Å². The van der Waals surface area contributed by atoms with Crippen molar-refractivity contribution in [2.24, 2.45) is 0 Å². The molecule has 7 N–H and O–H groups in total. The highest BCUT2D eigenvalue weighted by atomic mass is 16.6. The number of esters is 2. The maximum atomic E-state index is 15.0. The highest BCUT2D eigenvalue weighted by Crippen LogP contribution is 2.57. The number of carbonyl (C=O) groups is 5. The molecule has 3 aliphatic carbocycles. The van der Waals surface area contributed by atoms with E-state index in [2.05, 4.69) is 5.32 Å². The van der Waals surface area contributed by atoms with Gasteiger partial charge in [-0.3, -0.25) is 19.2 Å². The first-order chi connectivity index (χ1) is 26.8.